The van der Waals surface area contributed by atoms with Crippen molar-refractivity contribution in [2.24, 2.45) is 5.73 Å². The average molecular weight is 242 g/mol. The minimum absolute atomic E-state index is 0.0212. The number of ether oxygens (including phenoxy) is 1. The summed E-state index contributed by atoms with van der Waals surface area (Å²) in [4.78, 5) is 4.00. The highest BCUT2D eigenvalue weighted by Crippen LogP contribution is 2.25. The molecular formula is C15H18N2O. The molecule has 2 unspecified atom stereocenters. The molecule has 0 bridgehead atoms. The molecule has 18 heavy (non-hydrogen) atoms. The second-order valence-electron chi connectivity index (χ2n) is 4.19. The quantitative estimate of drug-likeness (QED) is 0.877. The van der Waals surface area contributed by atoms with Crippen LogP contribution >= 0.6 is 0 Å². The predicted molar refractivity (Wildman–Crippen MR) is 72.0 cm³/mol. The number of nitrogens with zero attached hydrogens (tertiary/aromatic N) is 1. The number of pyridine rings is 1. The first kappa shape index (κ1) is 12.7. The van der Waals surface area contributed by atoms with E-state index in [9.17, 15) is 0 Å². The molecule has 3 heteroatoms. The van der Waals surface area contributed by atoms with Gasteiger partial charge < -0.3 is 10.5 Å². The molecule has 2 N–H and O–H groups in total. The van der Waals surface area contributed by atoms with Crippen LogP contribution in [0.1, 0.15) is 30.3 Å². The predicted octanol–water partition coefficient (Wildman–Crippen LogP) is 2.86. The fourth-order valence-electron chi connectivity index (χ4n) is 1.90. The van der Waals surface area contributed by atoms with Crippen molar-refractivity contribution in [3.63, 3.8) is 0 Å². The van der Waals surface area contributed by atoms with Gasteiger partial charge in [-0.25, -0.2) is 0 Å². The van der Waals surface area contributed by atoms with Crippen LogP contribution in [-0.4, -0.2) is 11.5 Å². The molecule has 0 saturated heterocycles. The molecule has 2 rings (SSSR count). The molecule has 1 heterocycles. The van der Waals surface area contributed by atoms with E-state index in [1.165, 1.54) is 0 Å². The average Bonchev–Trinajstić information content (AvgIpc) is 2.46. The highest BCUT2D eigenvalue weighted by molar-refractivity contribution is 5.18. The van der Waals surface area contributed by atoms with E-state index >= 15 is 0 Å². The fraction of sp³-hybridized carbons (Fsp3) is 0.267. The molecule has 0 fully saturated rings. The van der Waals surface area contributed by atoms with Crippen LogP contribution in [0, 0.1) is 0 Å². The molecule has 1 aromatic heterocycles. The third-order valence-corrected chi connectivity index (χ3v) is 2.93. The standard InChI is InChI=1S/C15H18N2O/c1-12(13-5-3-2-4-6-13)18-15(11-16)14-7-9-17-10-8-14/h2-10,12,15H,11,16H2,1H3. The van der Waals surface area contributed by atoms with Crippen molar-refractivity contribution in [2.45, 2.75) is 19.1 Å². The summed E-state index contributed by atoms with van der Waals surface area (Å²) in [7, 11) is 0. The Balaban J connectivity index is 2.07. The van der Waals surface area contributed by atoms with Gasteiger partial charge in [-0.2, -0.15) is 0 Å². The maximum Gasteiger partial charge on any atom is 0.0956 e. The number of benzene rings is 1. The van der Waals surface area contributed by atoms with Crippen molar-refractivity contribution in [2.75, 3.05) is 6.54 Å². The molecule has 0 spiro atoms. The van der Waals surface area contributed by atoms with Crippen molar-refractivity contribution in [3.8, 4) is 0 Å². The zero-order valence-corrected chi connectivity index (χ0v) is 10.5. The third kappa shape index (κ3) is 3.15. The fourth-order valence-corrected chi connectivity index (χ4v) is 1.90. The van der Waals surface area contributed by atoms with Crippen molar-refractivity contribution < 1.29 is 4.74 Å². The van der Waals surface area contributed by atoms with Gasteiger partial charge in [0.15, 0.2) is 0 Å². The van der Waals surface area contributed by atoms with Crippen molar-refractivity contribution in [1.82, 2.24) is 4.98 Å². The van der Waals surface area contributed by atoms with E-state index in [1.807, 2.05) is 37.3 Å². The summed E-state index contributed by atoms with van der Waals surface area (Å²) in [5.74, 6) is 0. The number of rotatable bonds is 5. The Labute approximate surface area is 108 Å². The van der Waals surface area contributed by atoms with Crippen molar-refractivity contribution in [1.29, 1.82) is 0 Å². The first-order valence-electron chi connectivity index (χ1n) is 6.11. The Morgan fingerprint density at radius 2 is 1.72 bits per heavy atom. The smallest absolute Gasteiger partial charge is 0.0956 e. The normalized spacial score (nSPS) is 14.1. The Morgan fingerprint density at radius 3 is 2.33 bits per heavy atom. The van der Waals surface area contributed by atoms with Crippen LogP contribution in [0.2, 0.25) is 0 Å². The summed E-state index contributed by atoms with van der Waals surface area (Å²) < 4.78 is 6.02. The topological polar surface area (TPSA) is 48.1 Å². The highest BCUT2D eigenvalue weighted by atomic mass is 16.5. The van der Waals surface area contributed by atoms with Gasteiger partial charge in [0.1, 0.15) is 0 Å². The molecule has 3 nitrogen and oxygen atoms in total. The monoisotopic (exact) mass is 242 g/mol. The van der Waals surface area contributed by atoms with Crippen LogP contribution < -0.4 is 5.73 Å². The molecule has 2 aromatic rings. The number of hydrogen-bond acceptors (Lipinski definition) is 3. The van der Waals surface area contributed by atoms with E-state index in [4.69, 9.17) is 10.5 Å². The molecule has 2 atom stereocenters. The van der Waals surface area contributed by atoms with Gasteiger partial charge >= 0.3 is 0 Å². The first-order valence-corrected chi connectivity index (χ1v) is 6.11. The van der Waals surface area contributed by atoms with E-state index in [2.05, 4.69) is 17.1 Å². The molecule has 0 aliphatic heterocycles. The number of nitrogens with two attached hydrogens (primary N) is 1. The zero-order chi connectivity index (χ0) is 12.8. The lowest BCUT2D eigenvalue weighted by Gasteiger charge is -2.21. The summed E-state index contributed by atoms with van der Waals surface area (Å²) in [5, 5.41) is 0. The molecular weight excluding hydrogens is 224 g/mol. The van der Waals surface area contributed by atoms with Gasteiger partial charge in [0, 0.05) is 18.9 Å². The van der Waals surface area contributed by atoms with Gasteiger partial charge in [-0.05, 0) is 30.2 Å². The molecule has 1 aromatic carbocycles. The van der Waals surface area contributed by atoms with Crippen LogP contribution in [0.4, 0.5) is 0 Å². The van der Waals surface area contributed by atoms with E-state index in [0.29, 0.717) is 6.54 Å². The second-order valence-corrected chi connectivity index (χ2v) is 4.19. The zero-order valence-electron chi connectivity index (χ0n) is 10.5. The van der Waals surface area contributed by atoms with E-state index in [1.54, 1.807) is 12.4 Å². The van der Waals surface area contributed by atoms with Crippen LogP contribution in [0.3, 0.4) is 0 Å². The van der Waals surface area contributed by atoms with E-state index in [0.717, 1.165) is 11.1 Å². The van der Waals surface area contributed by atoms with E-state index in [-0.39, 0.29) is 12.2 Å². The van der Waals surface area contributed by atoms with Gasteiger partial charge in [-0.3, -0.25) is 4.98 Å². The van der Waals surface area contributed by atoms with Gasteiger partial charge in [-0.1, -0.05) is 30.3 Å². The largest absolute Gasteiger partial charge is 0.365 e. The molecule has 0 amide bonds. The Morgan fingerprint density at radius 1 is 1.06 bits per heavy atom. The summed E-state index contributed by atoms with van der Waals surface area (Å²) >= 11 is 0. The van der Waals surface area contributed by atoms with Gasteiger partial charge in [-0.15, -0.1) is 0 Å². The first-order chi connectivity index (χ1) is 8.81. The highest BCUT2D eigenvalue weighted by Gasteiger charge is 2.14. The maximum atomic E-state index is 6.02. The van der Waals surface area contributed by atoms with Crippen LogP contribution in [-0.2, 0) is 4.74 Å². The maximum absolute atomic E-state index is 6.02. The summed E-state index contributed by atoms with van der Waals surface area (Å²) in [6.07, 6.45) is 3.44. The lowest BCUT2D eigenvalue weighted by Crippen LogP contribution is -2.17. The second kappa shape index (κ2) is 6.28. The summed E-state index contributed by atoms with van der Waals surface area (Å²) in [6, 6.07) is 14.0. The van der Waals surface area contributed by atoms with Crippen molar-refractivity contribution >= 4 is 0 Å². The Hall–Kier alpha value is -1.71. The third-order valence-electron chi connectivity index (χ3n) is 2.93. The molecule has 0 aliphatic rings. The van der Waals surface area contributed by atoms with Crippen LogP contribution in [0.15, 0.2) is 54.9 Å². The molecule has 0 aliphatic carbocycles. The summed E-state index contributed by atoms with van der Waals surface area (Å²) in [6.45, 7) is 2.50. The van der Waals surface area contributed by atoms with E-state index < -0.39 is 0 Å². The number of aromatic nitrogens is 1. The molecule has 94 valence electrons. The van der Waals surface area contributed by atoms with Gasteiger partial charge in [0.2, 0.25) is 0 Å². The van der Waals surface area contributed by atoms with Gasteiger partial charge in [0.05, 0.1) is 12.2 Å². The SMILES string of the molecule is CC(OC(CN)c1ccncc1)c1ccccc1. The van der Waals surface area contributed by atoms with Crippen molar-refractivity contribution in [3.05, 3.63) is 66.0 Å². The van der Waals surface area contributed by atoms with Gasteiger partial charge in [0.25, 0.3) is 0 Å². The lowest BCUT2D eigenvalue weighted by atomic mass is 10.1. The Kier molecular flexibility index (Phi) is 4.45. The molecule has 0 saturated carbocycles. The number of hydrogen-bond donors (Lipinski definition) is 1. The van der Waals surface area contributed by atoms with Crippen LogP contribution in [0.5, 0.6) is 0 Å². The summed E-state index contributed by atoms with van der Waals surface area (Å²) in [5.41, 5.74) is 8.01. The minimum atomic E-state index is -0.0943. The van der Waals surface area contributed by atoms with Crippen LogP contribution in [0.25, 0.3) is 0 Å². The minimum Gasteiger partial charge on any atom is -0.365 e. The lowest BCUT2D eigenvalue weighted by molar-refractivity contribution is 0.000188. The molecule has 0 radical (unpaired) electrons. The Bertz CT molecular complexity index is 458.